The van der Waals surface area contributed by atoms with Gasteiger partial charge in [-0.3, -0.25) is 22.4 Å². The second-order valence-electron chi connectivity index (χ2n) is 26.7. The maximum absolute atomic E-state index is 14.9. The molecule has 1 saturated heterocycles. The average Bonchev–Trinajstić information content (AvgIpc) is 1.72. The Bertz CT molecular complexity index is 6770. The Kier molecular flexibility index (Phi) is 26.3. The van der Waals surface area contributed by atoms with Crippen LogP contribution < -0.4 is 5.46 Å². The summed E-state index contributed by atoms with van der Waals surface area (Å²) in [6.45, 7) is 5.51. The zero-order chi connectivity index (χ0) is 85.4. The maximum atomic E-state index is 14.9. The van der Waals surface area contributed by atoms with Gasteiger partial charge in [-0.05, 0) is 214 Å². The number of nitriles is 4. The molecule has 1 aliphatic heterocycles. The van der Waals surface area contributed by atoms with Gasteiger partial charge < -0.3 is 34.3 Å². The van der Waals surface area contributed by atoms with Crippen LogP contribution in [-0.2, 0) is 14.2 Å². The highest BCUT2D eigenvalue weighted by Gasteiger charge is 2.24. The molecule has 0 saturated carbocycles. The number of carboxylic acid groups (broad SMARTS) is 1. The lowest BCUT2D eigenvalue weighted by Gasteiger charge is -2.27. The molecule has 3 N–H and O–H groups in total. The lowest BCUT2D eigenvalue weighted by Crippen LogP contribution is -2.41. The molecule has 1 aliphatic rings. The Hall–Kier alpha value is -15.5. The summed E-state index contributed by atoms with van der Waals surface area (Å²) in [5.41, 5.74) is 16.4. The fraction of sp³-hybridized carbons (Fsp3) is 0.0870. The van der Waals surface area contributed by atoms with Gasteiger partial charge in [0.2, 0.25) is 0 Å². The van der Waals surface area contributed by atoms with E-state index in [1.165, 1.54) is 36.4 Å². The van der Waals surface area contributed by atoms with Crippen LogP contribution in [0.2, 0.25) is 0 Å². The van der Waals surface area contributed by atoms with Gasteiger partial charge in [0, 0.05) is 64.6 Å². The fourth-order valence-corrected chi connectivity index (χ4v) is 13.3. The standard InChI is InChI=1S/C25H19FN4O2.C23H16FN3O2.C21H12FN3O2.C14H8BrN3.C9H10BFO4/c26-22-13-19(5-7-21(22)25(31)29-9-11-32-12-10-29)20-6-8-24-28-15-23(30(24)16-20)18-3-1-17(14-27)2-4-18;1-2-29-23(28)19-9-7-17(11-20(19)24)18-8-10-22-26-13-21(27(22)14-18)16-5-3-15(12-25)4-6-16;22-18-9-15(5-7-17(18)21(26)27)16-6-8-20-24-11-19(25(20)12-16)14-3-1-13(10-23)2-4-14;15-12-5-6-14-17-8-13(18(14)9-12)11-3-1-10(7-16)2-4-11;1-2-15-9(12)7-4-3-6(10(13)14)5-8(7)11/h1-8,13,15-16H,9-12H2;3-11,13-14H,2H2,1H3;1-9,11-12H,(H,26,27);1-6,8-9H;3-5,13-14H,2H2,1H3. The summed E-state index contributed by atoms with van der Waals surface area (Å²) in [6.07, 6.45) is 14.7. The largest absolute Gasteiger partial charge is 0.488 e. The van der Waals surface area contributed by atoms with Gasteiger partial charge in [-0.1, -0.05) is 72.8 Å². The normalized spacial score (nSPS) is 11.4. The van der Waals surface area contributed by atoms with Crippen LogP contribution in [0.25, 0.3) is 101 Å². The number of imidazole rings is 4. The topological polar surface area (TPSA) is 324 Å². The number of aromatic nitrogens is 8. The summed E-state index contributed by atoms with van der Waals surface area (Å²) < 4.78 is 80.1. The predicted octanol–water partition coefficient (Wildman–Crippen LogP) is 16.7. The molecule has 9 heterocycles. The molecule has 1 amide bonds. The molecule has 0 radical (unpaired) electrons. The predicted molar refractivity (Wildman–Crippen MR) is 447 cm³/mol. The third-order valence-electron chi connectivity index (χ3n) is 19.2. The molecular formula is C92H65BBrF4N13O10. The Labute approximate surface area is 696 Å². The average molecular weight is 1680 g/mol. The number of halogens is 5. The number of rotatable bonds is 14. The van der Waals surface area contributed by atoms with Crippen molar-refractivity contribution in [3.8, 4) is 103 Å². The van der Waals surface area contributed by atoms with E-state index in [0.717, 1.165) is 101 Å². The van der Waals surface area contributed by atoms with Crippen molar-refractivity contribution in [2.75, 3.05) is 39.5 Å². The Morgan fingerprint density at radius 3 is 1.02 bits per heavy atom. The summed E-state index contributed by atoms with van der Waals surface area (Å²) in [6, 6.07) is 69.0. The van der Waals surface area contributed by atoms with Crippen molar-refractivity contribution in [1.29, 1.82) is 21.0 Å². The molecule has 596 valence electrons. The first kappa shape index (κ1) is 83.5. The molecule has 0 aliphatic carbocycles. The van der Waals surface area contributed by atoms with E-state index in [-0.39, 0.29) is 46.8 Å². The number of carbonyl (C=O) groups excluding carboxylic acids is 3. The van der Waals surface area contributed by atoms with E-state index >= 15 is 0 Å². The Morgan fingerprint density at radius 1 is 0.405 bits per heavy atom. The zero-order valence-electron chi connectivity index (χ0n) is 64.1. The van der Waals surface area contributed by atoms with Crippen LogP contribution in [0, 0.1) is 68.6 Å². The molecule has 0 atom stereocenters. The minimum atomic E-state index is -1.75. The summed E-state index contributed by atoms with van der Waals surface area (Å²) in [5.74, 6) is -5.84. The number of carboxylic acids is 1. The number of pyridine rings is 4. The lowest BCUT2D eigenvalue weighted by atomic mass is 9.80. The van der Waals surface area contributed by atoms with Crippen LogP contribution in [-0.4, -0.2) is 128 Å². The second kappa shape index (κ2) is 38.1. The smallest absolute Gasteiger partial charge is 0.478 e. The first-order valence-electron chi connectivity index (χ1n) is 37.2. The van der Waals surface area contributed by atoms with Crippen LogP contribution in [0.3, 0.4) is 0 Å². The molecular weight excluding hydrogens is 1610 g/mol. The summed E-state index contributed by atoms with van der Waals surface area (Å²) in [4.78, 5) is 65.8. The zero-order valence-corrected chi connectivity index (χ0v) is 65.7. The highest BCUT2D eigenvalue weighted by atomic mass is 79.9. The van der Waals surface area contributed by atoms with Crippen molar-refractivity contribution < 1.29 is 66.1 Å². The molecule has 29 heteroatoms. The van der Waals surface area contributed by atoms with E-state index in [1.54, 1.807) is 104 Å². The van der Waals surface area contributed by atoms with Crippen molar-refractivity contribution in [1.82, 2.24) is 42.4 Å². The van der Waals surface area contributed by atoms with Gasteiger partial charge in [0.05, 0.1) is 143 Å². The molecule has 121 heavy (non-hydrogen) atoms. The van der Waals surface area contributed by atoms with Crippen LogP contribution in [0.4, 0.5) is 17.6 Å². The summed E-state index contributed by atoms with van der Waals surface area (Å²) in [5, 5.41) is 62.2. The van der Waals surface area contributed by atoms with Crippen molar-refractivity contribution in [3.63, 3.8) is 0 Å². The maximum Gasteiger partial charge on any atom is 0.488 e. The van der Waals surface area contributed by atoms with E-state index < -0.39 is 48.3 Å². The number of carbonyl (C=O) groups is 4. The lowest BCUT2D eigenvalue weighted by molar-refractivity contribution is 0.0299. The fourth-order valence-electron chi connectivity index (χ4n) is 12.9. The third kappa shape index (κ3) is 19.3. The number of hydrogen-bond acceptors (Lipinski definition) is 17. The number of aromatic carboxylic acids is 1. The molecule has 23 nitrogen and oxygen atoms in total. The highest BCUT2D eigenvalue weighted by molar-refractivity contribution is 9.10. The Morgan fingerprint density at radius 2 is 0.702 bits per heavy atom. The minimum absolute atomic E-state index is 0.0134. The van der Waals surface area contributed by atoms with Gasteiger partial charge in [-0.15, -0.1) is 0 Å². The quantitative estimate of drug-likeness (QED) is 0.0517. The molecule has 0 unspecified atom stereocenters. The van der Waals surface area contributed by atoms with Gasteiger partial charge in [0.15, 0.2) is 0 Å². The van der Waals surface area contributed by atoms with Crippen LogP contribution in [0.5, 0.6) is 0 Å². The second-order valence-corrected chi connectivity index (χ2v) is 27.6. The molecule has 17 rings (SSSR count). The summed E-state index contributed by atoms with van der Waals surface area (Å²) in [7, 11) is -1.75. The first-order chi connectivity index (χ1) is 58.6. The Balaban J connectivity index is 0.000000134. The number of esters is 2. The van der Waals surface area contributed by atoms with Crippen molar-refractivity contribution >= 4 is 74.9 Å². The minimum Gasteiger partial charge on any atom is -0.478 e. The monoisotopic (exact) mass is 1680 g/mol. The third-order valence-corrected chi connectivity index (χ3v) is 19.6. The van der Waals surface area contributed by atoms with Gasteiger partial charge in [-0.2, -0.15) is 21.0 Å². The van der Waals surface area contributed by atoms with E-state index in [2.05, 4.69) is 64.9 Å². The van der Waals surface area contributed by atoms with Crippen molar-refractivity contribution in [2.24, 2.45) is 0 Å². The van der Waals surface area contributed by atoms with Gasteiger partial charge in [0.1, 0.15) is 45.9 Å². The van der Waals surface area contributed by atoms with Crippen LogP contribution in [0.15, 0.2) is 272 Å². The first-order valence-corrected chi connectivity index (χ1v) is 38.0. The number of amides is 1. The van der Waals surface area contributed by atoms with Gasteiger partial charge >= 0.3 is 25.0 Å². The number of ether oxygens (including phenoxy) is 3. The summed E-state index contributed by atoms with van der Waals surface area (Å²) >= 11 is 3.45. The molecule has 8 aromatic carbocycles. The number of benzene rings is 8. The number of morpholine rings is 1. The molecule has 1 fully saturated rings. The van der Waals surface area contributed by atoms with Crippen LogP contribution >= 0.6 is 15.9 Å². The van der Waals surface area contributed by atoms with E-state index in [0.29, 0.717) is 65.2 Å². The van der Waals surface area contributed by atoms with E-state index in [4.69, 9.17) is 45.7 Å². The van der Waals surface area contributed by atoms with Crippen LogP contribution in [0.1, 0.15) is 77.5 Å². The molecule has 8 aromatic heterocycles. The number of hydrogen-bond donors (Lipinski definition) is 3. The van der Waals surface area contributed by atoms with E-state index in [1.807, 2.05) is 152 Å². The van der Waals surface area contributed by atoms with Gasteiger partial charge in [0.25, 0.3) is 5.91 Å². The van der Waals surface area contributed by atoms with Crippen molar-refractivity contribution in [2.45, 2.75) is 13.8 Å². The molecule has 0 spiro atoms. The van der Waals surface area contributed by atoms with Crippen molar-refractivity contribution in [3.05, 3.63) is 340 Å². The molecule has 16 aromatic rings. The van der Waals surface area contributed by atoms with Gasteiger partial charge in [-0.25, -0.2) is 51.9 Å². The number of fused-ring (bicyclic) bond motifs is 4. The van der Waals surface area contributed by atoms with E-state index in [9.17, 15) is 36.7 Å². The molecule has 0 bridgehead atoms. The highest BCUT2D eigenvalue weighted by Crippen LogP contribution is 2.33. The SMILES string of the molecule is CCOC(=O)c1ccc(-c2ccc3ncc(-c4ccc(C#N)cc4)n3c2)cc1F.CCOC(=O)c1ccc(B(O)O)cc1F.N#Cc1ccc(-c2cnc3ccc(-c4ccc(C(=O)N5CCOCC5)c(F)c4)cn23)cc1.N#Cc1ccc(-c2cnc3ccc(-c4ccc(C(=O)O)c(F)c4)cn23)cc1.N#Cc1ccc(-c2cnc3ccc(Br)cn23)cc1. The number of nitrogens with zero attached hydrogens (tertiary/aromatic N) is 13.